The summed E-state index contributed by atoms with van der Waals surface area (Å²) >= 11 is 0. The molecule has 0 spiro atoms. The number of carbonyl (C=O) groups is 2. The smallest absolute Gasteiger partial charge is 0.409 e. The van der Waals surface area contributed by atoms with Crippen molar-refractivity contribution in [3.63, 3.8) is 0 Å². The highest BCUT2D eigenvalue weighted by Gasteiger charge is 2.26. The zero-order valence-electron chi connectivity index (χ0n) is 16.3. The van der Waals surface area contributed by atoms with E-state index in [1.807, 2.05) is 0 Å². The molecule has 2 saturated heterocycles. The molecule has 154 valence electrons. The van der Waals surface area contributed by atoms with Crippen LogP contribution in [-0.4, -0.2) is 62.4 Å². The number of hydrogen-bond donors (Lipinski definition) is 2. The summed E-state index contributed by atoms with van der Waals surface area (Å²) in [7, 11) is 0. The van der Waals surface area contributed by atoms with Gasteiger partial charge < -0.3 is 25.2 Å². The van der Waals surface area contributed by atoms with Gasteiger partial charge in [-0.3, -0.25) is 0 Å². The molecular formula is C20H29FN4O3. The van der Waals surface area contributed by atoms with Crippen molar-refractivity contribution in [1.82, 2.24) is 15.5 Å². The van der Waals surface area contributed by atoms with Crippen LogP contribution in [0.4, 0.5) is 19.7 Å². The van der Waals surface area contributed by atoms with Crippen molar-refractivity contribution in [1.29, 1.82) is 0 Å². The molecule has 1 atom stereocenters. The van der Waals surface area contributed by atoms with Gasteiger partial charge in [-0.15, -0.1) is 0 Å². The molecule has 0 aliphatic carbocycles. The minimum atomic E-state index is -0.280. The van der Waals surface area contributed by atoms with E-state index in [9.17, 15) is 14.0 Å². The van der Waals surface area contributed by atoms with Gasteiger partial charge in [-0.25, -0.2) is 14.0 Å². The second-order valence-electron chi connectivity index (χ2n) is 7.39. The predicted octanol–water partition coefficient (Wildman–Crippen LogP) is 2.57. The van der Waals surface area contributed by atoms with Crippen LogP contribution in [0, 0.1) is 11.7 Å². The van der Waals surface area contributed by atoms with Crippen LogP contribution in [0.25, 0.3) is 0 Å². The van der Waals surface area contributed by atoms with Crippen LogP contribution in [0.15, 0.2) is 24.3 Å². The second-order valence-corrected chi connectivity index (χ2v) is 7.39. The molecule has 8 heteroatoms. The Balaban J connectivity index is 1.34. The Morgan fingerprint density at radius 2 is 1.86 bits per heavy atom. The average molecular weight is 392 g/mol. The van der Waals surface area contributed by atoms with E-state index in [4.69, 9.17) is 4.74 Å². The molecule has 2 fully saturated rings. The normalized spacial score (nSPS) is 20.1. The Morgan fingerprint density at radius 3 is 2.54 bits per heavy atom. The number of nitrogens with zero attached hydrogens (tertiary/aromatic N) is 2. The number of anilines is 1. The third-order valence-corrected chi connectivity index (χ3v) is 5.39. The van der Waals surface area contributed by atoms with Gasteiger partial charge in [0.15, 0.2) is 0 Å². The number of carbonyl (C=O) groups excluding carboxylic acids is 2. The fraction of sp³-hybridized carbons (Fsp3) is 0.600. The number of halogens is 1. The maximum absolute atomic E-state index is 13.0. The standard InChI is InChI=1S/C20H29FN4O3/c1-2-28-20(27)24-11-8-17(9-12-24)23-19(26)22-13-15-7-10-25(14-15)18-5-3-16(21)4-6-18/h3-6,15,17H,2,7-14H2,1H3,(H2,22,23,26). The van der Waals surface area contributed by atoms with Crippen LogP contribution in [0.1, 0.15) is 26.2 Å². The first-order chi connectivity index (χ1) is 13.5. The molecule has 2 aliphatic rings. The van der Waals surface area contributed by atoms with Crippen LogP contribution >= 0.6 is 0 Å². The third kappa shape index (κ3) is 5.50. The zero-order chi connectivity index (χ0) is 19.9. The molecule has 0 saturated carbocycles. The molecule has 2 aliphatic heterocycles. The summed E-state index contributed by atoms with van der Waals surface area (Å²) < 4.78 is 18.1. The fourth-order valence-corrected chi connectivity index (χ4v) is 3.78. The van der Waals surface area contributed by atoms with Crippen molar-refractivity contribution in [2.45, 2.75) is 32.2 Å². The Kier molecular flexibility index (Phi) is 6.95. The number of piperidine rings is 1. The van der Waals surface area contributed by atoms with Crippen LogP contribution in [-0.2, 0) is 4.74 Å². The molecule has 1 aromatic rings. The van der Waals surface area contributed by atoms with Crippen LogP contribution in [0.3, 0.4) is 0 Å². The van der Waals surface area contributed by atoms with E-state index < -0.39 is 0 Å². The zero-order valence-corrected chi connectivity index (χ0v) is 16.3. The third-order valence-electron chi connectivity index (χ3n) is 5.39. The average Bonchev–Trinajstić information content (AvgIpc) is 3.17. The summed E-state index contributed by atoms with van der Waals surface area (Å²) in [6, 6.07) is 6.45. The van der Waals surface area contributed by atoms with E-state index in [0.717, 1.165) is 38.0 Å². The molecule has 28 heavy (non-hydrogen) atoms. The number of benzene rings is 1. The SMILES string of the molecule is CCOC(=O)N1CCC(NC(=O)NCC2CCN(c3ccc(F)cc3)C2)CC1. The van der Waals surface area contributed by atoms with E-state index in [1.54, 1.807) is 24.0 Å². The summed E-state index contributed by atoms with van der Waals surface area (Å²) in [5.74, 6) is 0.146. The first-order valence-electron chi connectivity index (χ1n) is 10.0. The Hall–Kier alpha value is -2.51. The van der Waals surface area contributed by atoms with Gasteiger partial charge in [-0.2, -0.15) is 0 Å². The van der Waals surface area contributed by atoms with Crippen molar-refractivity contribution < 1.29 is 18.7 Å². The van der Waals surface area contributed by atoms with Crippen LogP contribution < -0.4 is 15.5 Å². The fourth-order valence-electron chi connectivity index (χ4n) is 3.78. The first kappa shape index (κ1) is 20.2. The van der Waals surface area contributed by atoms with Gasteiger partial charge >= 0.3 is 12.1 Å². The molecule has 2 N–H and O–H groups in total. The summed E-state index contributed by atoms with van der Waals surface area (Å²) in [4.78, 5) is 27.8. The lowest BCUT2D eigenvalue weighted by atomic mass is 10.1. The highest BCUT2D eigenvalue weighted by atomic mass is 19.1. The largest absolute Gasteiger partial charge is 0.450 e. The van der Waals surface area contributed by atoms with Crippen molar-refractivity contribution >= 4 is 17.8 Å². The highest BCUT2D eigenvalue weighted by Crippen LogP contribution is 2.23. The van der Waals surface area contributed by atoms with Crippen LogP contribution in [0.5, 0.6) is 0 Å². The van der Waals surface area contributed by atoms with Crippen LogP contribution in [0.2, 0.25) is 0 Å². The lowest BCUT2D eigenvalue weighted by Crippen LogP contribution is -2.49. The van der Waals surface area contributed by atoms with Crippen molar-refractivity contribution in [3.05, 3.63) is 30.1 Å². The van der Waals surface area contributed by atoms with E-state index in [1.165, 1.54) is 12.1 Å². The number of hydrogen-bond acceptors (Lipinski definition) is 4. The number of nitrogens with one attached hydrogen (secondary N) is 2. The van der Waals surface area contributed by atoms with Crippen molar-refractivity contribution in [2.75, 3.05) is 44.2 Å². The van der Waals surface area contributed by atoms with Gasteiger partial charge in [0.1, 0.15) is 5.82 Å². The molecule has 1 unspecified atom stereocenters. The van der Waals surface area contributed by atoms with E-state index in [-0.39, 0.29) is 24.0 Å². The number of amides is 3. The second kappa shape index (κ2) is 9.61. The number of likely N-dealkylation sites (tertiary alicyclic amines) is 1. The van der Waals surface area contributed by atoms with Gasteiger partial charge in [-0.05, 0) is 56.4 Å². The number of urea groups is 1. The Labute approximate surface area is 165 Å². The summed E-state index contributed by atoms with van der Waals surface area (Å²) in [6.45, 7) is 5.73. The summed E-state index contributed by atoms with van der Waals surface area (Å²) in [5, 5.41) is 5.96. The monoisotopic (exact) mass is 392 g/mol. The number of rotatable bonds is 5. The predicted molar refractivity (Wildman–Crippen MR) is 105 cm³/mol. The summed E-state index contributed by atoms with van der Waals surface area (Å²) in [6.07, 6.45) is 2.18. The minimum absolute atomic E-state index is 0.0740. The van der Waals surface area contributed by atoms with E-state index >= 15 is 0 Å². The molecule has 0 bridgehead atoms. The van der Waals surface area contributed by atoms with Gasteiger partial charge in [0.05, 0.1) is 6.61 Å². The van der Waals surface area contributed by atoms with Gasteiger partial charge in [0.25, 0.3) is 0 Å². The molecule has 1 aromatic carbocycles. The Morgan fingerprint density at radius 1 is 1.14 bits per heavy atom. The number of ether oxygens (including phenoxy) is 1. The molecular weight excluding hydrogens is 363 g/mol. The lowest BCUT2D eigenvalue weighted by Gasteiger charge is -2.31. The van der Waals surface area contributed by atoms with E-state index in [2.05, 4.69) is 15.5 Å². The van der Waals surface area contributed by atoms with Crippen molar-refractivity contribution in [3.8, 4) is 0 Å². The van der Waals surface area contributed by atoms with E-state index in [0.29, 0.717) is 32.2 Å². The molecule has 2 heterocycles. The molecule has 0 radical (unpaired) electrons. The molecule has 0 aromatic heterocycles. The molecule has 3 amide bonds. The highest BCUT2D eigenvalue weighted by molar-refractivity contribution is 5.74. The van der Waals surface area contributed by atoms with Gasteiger partial charge in [0, 0.05) is 44.5 Å². The topological polar surface area (TPSA) is 73.9 Å². The van der Waals surface area contributed by atoms with Crippen molar-refractivity contribution in [2.24, 2.45) is 5.92 Å². The van der Waals surface area contributed by atoms with Gasteiger partial charge in [-0.1, -0.05) is 0 Å². The molecule has 7 nitrogen and oxygen atoms in total. The van der Waals surface area contributed by atoms with Gasteiger partial charge in [0.2, 0.25) is 0 Å². The summed E-state index contributed by atoms with van der Waals surface area (Å²) in [5.41, 5.74) is 1.02. The Bertz CT molecular complexity index is 662. The lowest BCUT2D eigenvalue weighted by molar-refractivity contribution is 0.0957. The first-order valence-corrected chi connectivity index (χ1v) is 10.0. The quantitative estimate of drug-likeness (QED) is 0.808. The maximum atomic E-state index is 13.0. The minimum Gasteiger partial charge on any atom is -0.450 e. The molecule has 3 rings (SSSR count). The maximum Gasteiger partial charge on any atom is 0.409 e.